The maximum absolute atomic E-state index is 11.6. The zero-order valence-electron chi connectivity index (χ0n) is 9.01. The van der Waals surface area contributed by atoms with E-state index in [1.165, 1.54) is 0 Å². The maximum atomic E-state index is 11.6. The highest BCUT2D eigenvalue weighted by atomic mass is 16.4. The standard InChI is InChI=1S/C13H11NO3/c1-2-8-3-5-9(6-4-8)14-12(15)10-7-11(10)13(16)17/h1,3-6,10-11H,7H2,(H,14,15)(H,16,17). The Bertz CT molecular complexity index is 498. The summed E-state index contributed by atoms with van der Waals surface area (Å²) >= 11 is 0. The predicted molar refractivity (Wildman–Crippen MR) is 62.2 cm³/mol. The molecule has 2 atom stereocenters. The van der Waals surface area contributed by atoms with Crippen molar-refractivity contribution in [2.75, 3.05) is 5.32 Å². The molecule has 0 bridgehead atoms. The lowest BCUT2D eigenvalue weighted by molar-refractivity contribution is -0.139. The molecule has 1 aliphatic carbocycles. The summed E-state index contributed by atoms with van der Waals surface area (Å²) < 4.78 is 0. The van der Waals surface area contributed by atoms with Crippen LogP contribution in [0.15, 0.2) is 24.3 Å². The number of carbonyl (C=O) groups is 2. The van der Waals surface area contributed by atoms with Gasteiger partial charge in [0.25, 0.3) is 0 Å². The van der Waals surface area contributed by atoms with Gasteiger partial charge in [0.2, 0.25) is 5.91 Å². The Morgan fingerprint density at radius 1 is 1.29 bits per heavy atom. The quantitative estimate of drug-likeness (QED) is 0.768. The Labute approximate surface area is 98.6 Å². The molecule has 1 saturated carbocycles. The molecule has 1 fully saturated rings. The second-order valence-electron chi connectivity index (χ2n) is 4.00. The normalized spacial score (nSPS) is 21.4. The summed E-state index contributed by atoms with van der Waals surface area (Å²) in [6.07, 6.45) is 5.63. The van der Waals surface area contributed by atoms with Crippen molar-refractivity contribution >= 4 is 17.6 Å². The van der Waals surface area contributed by atoms with Crippen molar-refractivity contribution in [1.29, 1.82) is 0 Å². The van der Waals surface area contributed by atoms with Crippen LogP contribution in [-0.2, 0) is 9.59 Å². The molecule has 2 N–H and O–H groups in total. The lowest BCUT2D eigenvalue weighted by Gasteiger charge is -2.04. The molecular formula is C13H11NO3. The van der Waals surface area contributed by atoms with Crippen LogP contribution in [0.2, 0.25) is 0 Å². The van der Waals surface area contributed by atoms with E-state index in [0.717, 1.165) is 5.56 Å². The molecule has 4 heteroatoms. The van der Waals surface area contributed by atoms with E-state index in [-0.39, 0.29) is 5.91 Å². The lowest BCUT2D eigenvalue weighted by atomic mass is 10.2. The molecule has 1 aromatic carbocycles. The summed E-state index contributed by atoms with van der Waals surface area (Å²) in [5.41, 5.74) is 1.36. The fourth-order valence-electron chi connectivity index (χ4n) is 1.64. The van der Waals surface area contributed by atoms with Gasteiger partial charge in [0.1, 0.15) is 0 Å². The van der Waals surface area contributed by atoms with Gasteiger partial charge in [0.05, 0.1) is 11.8 Å². The smallest absolute Gasteiger partial charge is 0.307 e. The number of nitrogens with one attached hydrogen (secondary N) is 1. The van der Waals surface area contributed by atoms with Crippen molar-refractivity contribution < 1.29 is 14.7 Å². The zero-order chi connectivity index (χ0) is 12.4. The third-order valence-electron chi connectivity index (χ3n) is 2.76. The SMILES string of the molecule is C#Cc1ccc(NC(=O)C2CC2C(=O)O)cc1. The molecule has 86 valence electrons. The first-order valence-electron chi connectivity index (χ1n) is 5.22. The molecule has 0 saturated heterocycles. The molecule has 2 unspecified atom stereocenters. The van der Waals surface area contributed by atoms with Crippen molar-refractivity contribution in [3.05, 3.63) is 29.8 Å². The summed E-state index contributed by atoms with van der Waals surface area (Å²) in [6.45, 7) is 0. The Morgan fingerprint density at radius 3 is 2.41 bits per heavy atom. The first-order chi connectivity index (χ1) is 8.11. The number of anilines is 1. The predicted octanol–water partition coefficient (Wildman–Crippen LogP) is 1.33. The second-order valence-corrected chi connectivity index (χ2v) is 4.00. The van der Waals surface area contributed by atoms with E-state index in [0.29, 0.717) is 12.1 Å². The summed E-state index contributed by atoms with van der Waals surface area (Å²) in [5, 5.41) is 11.4. The van der Waals surface area contributed by atoms with Crippen LogP contribution in [0.5, 0.6) is 0 Å². The molecule has 1 amide bonds. The topological polar surface area (TPSA) is 66.4 Å². The molecule has 2 rings (SSSR count). The Balaban J connectivity index is 1.95. The number of hydrogen-bond acceptors (Lipinski definition) is 2. The van der Waals surface area contributed by atoms with Crippen molar-refractivity contribution in [2.24, 2.45) is 11.8 Å². The van der Waals surface area contributed by atoms with Crippen LogP contribution in [0, 0.1) is 24.2 Å². The largest absolute Gasteiger partial charge is 0.481 e. The minimum atomic E-state index is -0.909. The van der Waals surface area contributed by atoms with E-state index in [4.69, 9.17) is 11.5 Å². The minimum absolute atomic E-state index is 0.245. The van der Waals surface area contributed by atoms with Crippen LogP contribution in [0.4, 0.5) is 5.69 Å². The first-order valence-corrected chi connectivity index (χ1v) is 5.22. The van der Waals surface area contributed by atoms with E-state index >= 15 is 0 Å². The molecule has 0 spiro atoms. The van der Waals surface area contributed by atoms with Gasteiger partial charge in [-0.2, -0.15) is 0 Å². The van der Waals surface area contributed by atoms with E-state index in [1.807, 2.05) is 0 Å². The van der Waals surface area contributed by atoms with Gasteiger partial charge in [0.15, 0.2) is 0 Å². The van der Waals surface area contributed by atoms with Gasteiger partial charge < -0.3 is 10.4 Å². The fourth-order valence-corrected chi connectivity index (χ4v) is 1.64. The molecule has 17 heavy (non-hydrogen) atoms. The maximum Gasteiger partial charge on any atom is 0.307 e. The number of terminal acetylenes is 1. The minimum Gasteiger partial charge on any atom is -0.481 e. The monoisotopic (exact) mass is 229 g/mol. The van der Waals surface area contributed by atoms with Crippen LogP contribution >= 0.6 is 0 Å². The average Bonchev–Trinajstić information content (AvgIpc) is 3.10. The third-order valence-corrected chi connectivity index (χ3v) is 2.76. The van der Waals surface area contributed by atoms with Gasteiger partial charge in [-0.3, -0.25) is 9.59 Å². The van der Waals surface area contributed by atoms with Crippen LogP contribution in [0.3, 0.4) is 0 Å². The highest BCUT2D eigenvalue weighted by molar-refractivity contribution is 5.98. The molecule has 0 aromatic heterocycles. The summed E-state index contributed by atoms with van der Waals surface area (Å²) in [4.78, 5) is 22.2. The molecule has 0 radical (unpaired) electrons. The van der Waals surface area contributed by atoms with Crippen LogP contribution in [-0.4, -0.2) is 17.0 Å². The van der Waals surface area contributed by atoms with Gasteiger partial charge >= 0.3 is 5.97 Å². The van der Waals surface area contributed by atoms with E-state index in [2.05, 4.69) is 11.2 Å². The Kier molecular flexibility index (Phi) is 2.84. The molecule has 0 aliphatic heterocycles. The van der Waals surface area contributed by atoms with Gasteiger partial charge in [0, 0.05) is 11.3 Å². The molecule has 0 heterocycles. The van der Waals surface area contributed by atoms with Crippen molar-refractivity contribution in [1.82, 2.24) is 0 Å². The van der Waals surface area contributed by atoms with E-state index in [9.17, 15) is 9.59 Å². The average molecular weight is 229 g/mol. The Morgan fingerprint density at radius 2 is 1.94 bits per heavy atom. The summed E-state index contributed by atoms with van der Waals surface area (Å²) in [7, 11) is 0. The van der Waals surface area contributed by atoms with E-state index in [1.54, 1.807) is 24.3 Å². The molecule has 1 aromatic rings. The first kappa shape index (κ1) is 11.2. The second kappa shape index (κ2) is 4.30. The highest BCUT2D eigenvalue weighted by Crippen LogP contribution is 2.39. The zero-order valence-corrected chi connectivity index (χ0v) is 9.01. The Hall–Kier alpha value is -2.28. The number of hydrogen-bond donors (Lipinski definition) is 2. The van der Waals surface area contributed by atoms with Crippen molar-refractivity contribution in [2.45, 2.75) is 6.42 Å². The number of carboxylic acid groups (broad SMARTS) is 1. The highest BCUT2D eigenvalue weighted by Gasteiger charge is 2.48. The van der Waals surface area contributed by atoms with Crippen LogP contribution in [0.1, 0.15) is 12.0 Å². The van der Waals surface area contributed by atoms with Gasteiger partial charge in [-0.15, -0.1) is 6.42 Å². The van der Waals surface area contributed by atoms with E-state index < -0.39 is 17.8 Å². The van der Waals surface area contributed by atoms with Crippen LogP contribution in [0.25, 0.3) is 0 Å². The van der Waals surface area contributed by atoms with Crippen molar-refractivity contribution in [3.63, 3.8) is 0 Å². The summed E-state index contributed by atoms with van der Waals surface area (Å²) in [5.74, 6) is 0.389. The molecular weight excluding hydrogens is 218 g/mol. The molecule has 1 aliphatic rings. The van der Waals surface area contributed by atoms with Crippen molar-refractivity contribution in [3.8, 4) is 12.3 Å². The van der Waals surface area contributed by atoms with Crippen LogP contribution < -0.4 is 5.32 Å². The number of rotatable bonds is 3. The number of carbonyl (C=O) groups excluding carboxylic acids is 1. The molecule has 4 nitrogen and oxygen atoms in total. The fraction of sp³-hybridized carbons (Fsp3) is 0.231. The number of carboxylic acids is 1. The third kappa shape index (κ3) is 2.45. The number of benzene rings is 1. The van der Waals surface area contributed by atoms with Gasteiger partial charge in [-0.25, -0.2) is 0 Å². The van der Waals surface area contributed by atoms with Gasteiger partial charge in [-0.05, 0) is 30.7 Å². The number of aliphatic carboxylic acids is 1. The summed E-state index contributed by atoms with van der Waals surface area (Å²) in [6, 6.07) is 6.84. The lowest BCUT2D eigenvalue weighted by Crippen LogP contribution is -2.16. The van der Waals surface area contributed by atoms with Gasteiger partial charge in [-0.1, -0.05) is 5.92 Å². The number of amides is 1.